The molecular formula is C20H27ClN2O. The zero-order chi connectivity index (χ0) is 17.9. The van der Waals surface area contributed by atoms with E-state index in [1.165, 1.54) is 5.69 Å². The van der Waals surface area contributed by atoms with Crippen LogP contribution in [0, 0.1) is 27.7 Å². The number of aryl methyl sites for hydroxylation is 2. The summed E-state index contributed by atoms with van der Waals surface area (Å²) in [6.07, 6.45) is 1.11. The van der Waals surface area contributed by atoms with Gasteiger partial charge in [-0.05, 0) is 58.7 Å². The molecule has 0 saturated carbocycles. The van der Waals surface area contributed by atoms with E-state index in [2.05, 4.69) is 36.7 Å². The van der Waals surface area contributed by atoms with E-state index in [9.17, 15) is 0 Å². The SMILES string of the molecule is CCCN(CC)c1cc(C)nc(Oc2c(C)ccc(Cl)c2C)c1C. The lowest BCUT2D eigenvalue weighted by atomic mass is 10.1. The van der Waals surface area contributed by atoms with Crippen molar-refractivity contribution in [2.75, 3.05) is 18.0 Å². The summed E-state index contributed by atoms with van der Waals surface area (Å²) in [6.45, 7) is 14.4. The second kappa shape index (κ2) is 7.89. The van der Waals surface area contributed by atoms with Crippen LogP contribution in [0.4, 0.5) is 5.69 Å². The van der Waals surface area contributed by atoms with Crippen LogP contribution in [0.25, 0.3) is 0 Å². The fourth-order valence-electron chi connectivity index (χ4n) is 2.90. The van der Waals surface area contributed by atoms with Gasteiger partial charge in [-0.2, -0.15) is 0 Å². The number of rotatable bonds is 6. The Bertz CT molecular complexity index is 728. The number of halogens is 1. The summed E-state index contributed by atoms with van der Waals surface area (Å²) in [6, 6.07) is 6.02. The quantitative estimate of drug-likeness (QED) is 0.641. The standard InChI is InChI=1S/C20H27ClN2O/c1-7-11-23(8-2)18-12-14(4)22-20(16(18)6)24-19-13(3)9-10-17(21)15(19)5/h9-10,12H,7-8,11H2,1-6H3. The highest BCUT2D eigenvalue weighted by molar-refractivity contribution is 6.31. The van der Waals surface area contributed by atoms with Gasteiger partial charge in [0.2, 0.25) is 5.88 Å². The molecule has 1 heterocycles. The number of hydrogen-bond donors (Lipinski definition) is 0. The molecule has 0 amide bonds. The van der Waals surface area contributed by atoms with Crippen molar-refractivity contribution in [3.8, 4) is 11.6 Å². The first-order chi connectivity index (χ1) is 11.4. The molecule has 0 aliphatic carbocycles. The van der Waals surface area contributed by atoms with E-state index >= 15 is 0 Å². The highest BCUT2D eigenvalue weighted by Gasteiger charge is 2.16. The van der Waals surface area contributed by atoms with Crippen LogP contribution in [-0.4, -0.2) is 18.1 Å². The number of nitrogens with zero attached hydrogens (tertiary/aromatic N) is 2. The molecule has 0 atom stereocenters. The van der Waals surface area contributed by atoms with Crippen molar-refractivity contribution in [2.45, 2.75) is 48.0 Å². The second-order valence-electron chi connectivity index (χ2n) is 6.21. The first-order valence-corrected chi connectivity index (χ1v) is 8.93. The van der Waals surface area contributed by atoms with Crippen LogP contribution < -0.4 is 9.64 Å². The van der Waals surface area contributed by atoms with Crippen LogP contribution in [0.1, 0.15) is 42.7 Å². The molecule has 2 rings (SSSR count). The molecule has 0 N–H and O–H groups in total. The lowest BCUT2D eigenvalue weighted by molar-refractivity contribution is 0.451. The van der Waals surface area contributed by atoms with E-state index in [1.807, 2.05) is 32.9 Å². The maximum absolute atomic E-state index is 6.26. The van der Waals surface area contributed by atoms with Gasteiger partial charge in [0.1, 0.15) is 5.75 Å². The first kappa shape index (κ1) is 18.6. The molecule has 0 radical (unpaired) electrons. The van der Waals surface area contributed by atoms with Crippen molar-refractivity contribution in [3.05, 3.63) is 45.6 Å². The van der Waals surface area contributed by atoms with E-state index in [0.717, 1.165) is 47.6 Å². The number of hydrogen-bond acceptors (Lipinski definition) is 3. The molecule has 0 aliphatic heterocycles. The van der Waals surface area contributed by atoms with E-state index in [0.29, 0.717) is 10.9 Å². The molecule has 1 aromatic heterocycles. The van der Waals surface area contributed by atoms with Crippen molar-refractivity contribution in [2.24, 2.45) is 0 Å². The van der Waals surface area contributed by atoms with Crippen LogP contribution in [0.3, 0.4) is 0 Å². The molecule has 24 heavy (non-hydrogen) atoms. The minimum atomic E-state index is 0.660. The fourth-order valence-corrected chi connectivity index (χ4v) is 3.04. The smallest absolute Gasteiger partial charge is 0.224 e. The molecule has 1 aromatic carbocycles. The number of ether oxygens (including phenoxy) is 1. The molecule has 0 fully saturated rings. The van der Waals surface area contributed by atoms with Gasteiger partial charge >= 0.3 is 0 Å². The first-order valence-electron chi connectivity index (χ1n) is 8.55. The van der Waals surface area contributed by atoms with Gasteiger partial charge in [-0.15, -0.1) is 0 Å². The number of benzene rings is 1. The maximum Gasteiger partial charge on any atom is 0.224 e. The van der Waals surface area contributed by atoms with Crippen molar-refractivity contribution >= 4 is 17.3 Å². The Balaban J connectivity index is 2.49. The van der Waals surface area contributed by atoms with E-state index < -0.39 is 0 Å². The minimum absolute atomic E-state index is 0.660. The summed E-state index contributed by atoms with van der Waals surface area (Å²) in [4.78, 5) is 6.99. The summed E-state index contributed by atoms with van der Waals surface area (Å²) >= 11 is 6.26. The van der Waals surface area contributed by atoms with Gasteiger partial charge in [0.15, 0.2) is 0 Å². The van der Waals surface area contributed by atoms with Crippen LogP contribution in [0.15, 0.2) is 18.2 Å². The van der Waals surface area contributed by atoms with E-state index in [1.54, 1.807) is 0 Å². The zero-order valence-electron chi connectivity index (χ0n) is 15.5. The summed E-state index contributed by atoms with van der Waals surface area (Å²) in [5.74, 6) is 1.46. The summed E-state index contributed by atoms with van der Waals surface area (Å²) in [7, 11) is 0. The number of pyridine rings is 1. The van der Waals surface area contributed by atoms with Crippen LogP contribution >= 0.6 is 11.6 Å². The normalized spacial score (nSPS) is 10.8. The van der Waals surface area contributed by atoms with E-state index in [4.69, 9.17) is 16.3 Å². The van der Waals surface area contributed by atoms with Gasteiger partial charge in [0.05, 0.1) is 0 Å². The molecule has 4 heteroatoms. The highest BCUT2D eigenvalue weighted by atomic mass is 35.5. The second-order valence-corrected chi connectivity index (χ2v) is 6.62. The van der Waals surface area contributed by atoms with Crippen LogP contribution in [0.2, 0.25) is 5.02 Å². The summed E-state index contributed by atoms with van der Waals surface area (Å²) < 4.78 is 6.22. The van der Waals surface area contributed by atoms with E-state index in [-0.39, 0.29) is 0 Å². The molecule has 3 nitrogen and oxygen atoms in total. The fraction of sp³-hybridized carbons (Fsp3) is 0.450. The number of anilines is 1. The Kier molecular flexibility index (Phi) is 6.11. The Hall–Kier alpha value is -1.74. The molecule has 0 aliphatic rings. The Labute approximate surface area is 150 Å². The van der Waals surface area contributed by atoms with Crippen LogP contribution in [-0.2, 0) is 0 Å². The van der Waals surface area contributed by atoms with Gasteiger partial charge in [0, 0.05) is 40.6 Å². The Morgan fingerprint density at radius 3 is 2.42 bits per heavy atom. The molecule has 2 aromatic rings. The Morgan fingerprint density at radius 2 is 1.79 bits per heavy atom. The van der Waals surface area contributed by atoms with Crippen molar-refractivity contribution in [3.63, 3.8) is 0 Å². The van der Waals surface area contributed by atoms with Gasteiger partial charge in [-0.3, -0.25) is 0 Å². The minimum Gasteiger partial charge on any atom is -0.438 e. The van der Waals surface area contributed by atoms with Crippen molar-refractivity contribution in [1.29, 1.82) is 0 Å². The lowest BCUT2D eigenvalue weighted by Crippen LogP contribution is -2.24. The Morgan fingerprint density at radius 1 is 1.08 bits per heavy atom. The van der Waals surface area contributed by atoms with Gasteiger partial charge in [-0.1, -0.05) is 24.6 Å². The van der Waals surface area contributed by atoms with Gasteiger partial charge < -0.3 is 9.64 Å². The van der Waals surface area contributed by atoms with Crippen LogP contribution in [0.5, 0.6) is 11.6 Å². The highest BCUT2D eigenvalue weighted by Crippen LogP contribution is 2.36. The summed E-state index contributed by atoms with van der Waals surface area (Å²) in [5, 5.41) is 0.710. The molecule has 0 saturated heterocycles. The average molecular weight is 347 g/mol. The molecule has 0 bridgehead atoms. The monoisotopic (exact) mass is 346 g/mol. The van der Waals surface area contributed by atoms with Crippen molar-refractivity contribution in [1.82, 2.24) is 4.98 Å². The van der Waals surface area contributed by atoms with Crippen molar-refractivity contribution < 1.29 is 4.74 Å². The van der Waals surface area contributed by atoms with Gasteiger partial charge in [-0.25, -0.2) is 4.98 Å². The predicted molar refractivity (Wildman–Crippen MR) is 103 cm³/mol. The largest absolute Gasteiger partial charge is 0.438 e. The third-order valence-corrected chi connectivity index (χ3v) is 4.69. The van der Waals surface area contributed by atoms with Gasteiger partial charge in [0.25, 0.3) is 0 Å². The third-order valence-electron chi connectivity index (χ3n) is 4.28. The topological polar surface area (TPSA) is 25.4 Å². The number of aromatic nitrogens is 1. The molecule has 0 spiro atoms. The molecule has 130 valence electrons. The lowest BCUT2D eigenvalue weighted by Gasteiger charge is -2.26. The maximum atomic E-state index is 6.26. The zero-order valence-corrected chi connectivity index (χ0v) is 16.3. The average Bonchev–Trinajstić information content (AvgIpc) is 2.55. The predicted octanol–water partition coefficient (Wildman–Crippen LogP) is 6.00. The molecule has 0 unspecified atom stereocenters. The summed E-state index contributed by atoms with van der Waals surface area (Å²) in [5.41, 5.74) is 5.22. The molecular weight excluding hydrogens is 320 g/mol. The third kappa shape index (κ3) is 3.84.